The first-order chi connectivity index (χ1) is 13.8. The fourth-order valence-electron chi connectivity index (χ4n) is 4.89. The number of aryl methyl sites for hydroxylation is 1. The average Bonchev–Trinajstić information content (AvgIpc) is 3.39. The molecule has 28 heavy (non-hydrogen) atoms. The number of ether oxygens (including phenoxy) is 1. The molecule has 0 amide bonds. The molecule has 3 heterocycles. The van der Waals surface area contributed by atoms with Crippen molar-refractivity contribution in [2.45, 2.75) is 37.8 Å². The van der Waals surface area contributed by atoms with Gasteiger partial charge in [0.2, 0.25) is 0 Å². The van der Waals surface area contributed by atoms with Gasteiger partial charge in [-0.1, -0.05) is 42.5 Å². The molecule has 0 fully saturated rings. The maximum atomic E-state index is 5.76. The molecule has 3 aliphatic heterocycles. The summed E-state index contributed by atoms with van der Waals surface area (Å²) in [7, 11) is 0. The second-order valence-corrected chi connectivity index (χ2v) is 8.18. The second-order valence-electron chi connectivity index (χ2n) is 8.18. The maximum absolute atomic E-state index is 5.76. The van der Waals surface area contributed by atoms with Gasteiger partial charge in [-0.15, -0.1) is 0 Å². The molecule has 6 rings (SSSR count). The fourth-order valence-corrected chi connectivity index (χ4v) is 4.89. The Balaban J connectivity index is 1.23. The van der Waals surface area contributed by atoms with Gasteiger partial charge in [0, 0.05) is 17.8 Å². The van der Waals surface area contributed by atoms with Crippen molar-refractivity contribution in [1.82, 2.24) is 0 Å². The van der Waals surface area contributed by atoms with Gasteiger partial charge in [0.05, 0.1) is 18.7 Å². The fraction of sp³-hybridized carbons (Fsp3) is 0.280. The summed E-state index contributed by atoms with van der Waals surface area (Å²) in [4.78, 5) is 0. The van der Waals surface area contributed by atoms with E-state index in [1.165, 1.54) is 39.2 Å². The predicted molar refractivity (Wildman–Crippen MR) is 113 cm³/mol. The maximum Gasteiger partial charge on any atom is 0.122 e. The van der Waals surface area contributed by atoms with Gasteiger partial charge in [0.1, 0.15) is 5.75 Å². The molecular weight excluding hydrogens is 344 g/mol. The summed E-state index contributed by atoms with van der Waals surface area (Å²) in [5, 5.41) is 7.45. The number of rotatable bonds is 2. The van der Waals surface area contributed by atoms with Crippen LogP contribution in [0, 0.1) is 0 Å². The van der Waals surface area contributed by atoms with Crippen molar-refractivity contribution in [1.29, 1.82) is 0 Å². The van der Waals surface area contributed by atoms with Crippen LogP contribution in [0.3, 0.4) is 0 Å². The molecule has 0 bridgehead atoms. The first kappa shape index (κ1) is 16.1. The van der Waals surface area contributed by atoms with E-state index in [1.807, 2.05) is 0 Å². The molecule has 0 aliphatic carbocycles. The Labute approximate surface area is 165 Å². The molecule has 0 saturated heterocycles. The van der Waals surface area contributed by atoms with Gasteiger partial charge in [-0.05, 0) is 65.3 Å². The lowest BCUT2D eigenvalue weighted by atomic mass is 9.90. The van der Waals surface area contributed by atoms with Crippen molar-refractivity contribution in [3.8, 4) is 5.75 Å². The Morgan fingerprint density at radius 3 is 2.50 bits per heavy atom. The van der Waals surface area contributed by atoms with Crippen molar-refractivity contribution in [2.24, 2.45) is 0 Å². The highest BCUT2D eigenvalue weighted by Crippen LogP contribution is 2.39. The van der Waals surface area contributed by atoms with Crippen molar-refractivity contribution in [3.63, 3.8) is 0 Å². The molecule has 0 aromatic heterocycles. The average molecular weight is 368 g/mol. The lowest BCUT2D eigenvalue weighted by Crippen LogP contribution is -2.18. The van der Waals surface area contributed by atoms with Gasteiger partial charge in [-0.3, -0.25) is 0 Å². The number of para-hydroxylation sites is 1. The van der Waals surface area contributed by atoms with E-state index in [4.69, 9.17) is 4.74 Å². The largest absolute Gasteiger partial charge is 0.493 e. The summed E-state index contributed by atoms with van der Waals surface area (Å²) in [5.74, 6) is 1.08. The Bertz CT molecular complexity index is 1030. The van der Waals surface area contributed by atoms with Crippen LogP contribution in [0.1, 0.15) is 46.3 Å². The van der Waals surface area contributed by atoms with E-state index >= 15 is 0 Å². The second kappa shape index (κ2) is 6.30. The van der Waals surface area contributed by atoms with E-state index in [0.717, 1.165) is 38.0 Å². The molecule has 140 valence electrons. The summed E-state index contributed by atoms with van der Waals surface area (Å²) in [6.07, 6.45) is 4.34. The van der Waals surface area contributed by atoms with Crippen LogP contribution in [-0.4, -0.2) is 6.61 Å². The van der Waals surface area contributed by atoms with Crippen LogP contribution in [0.5, 0.6) is 5.75 Å². The number of nitrogens with one attached hydrogen (secondary N) is 2. The lowest BCUT2D eigenvalue weighted by Gasteiger charge is -2.28. The Morgan fingerprint density at radius 1 is 0.714 bits per heavy atom. The molecule has 3 nitrogen and oxygen atoms in total. The third-order valence-electron chi connectivity index (χ3n) is 6.46. The van der Waals surface area contributed by atoms with Crippen molar-refractivity contribution in [3.05, 3.63) is 88.5 Å². The molecule has 0 spiro atoms. The van der Waals surface area contributed by atoms with E-state index in [2.05, 4.69) is 71.3 Å². The van der Waals surface area contributed by atoms with Crippen LogP contribution < -0.4 is 15.4 Å². The van der Waals surface area contributed by atoms with Crippen LogP contribution >= 0.6 is 0 Å². The highest BCUT2D eigenvalue weighted by Gasteiger charge is 2.25. The monoisotopic (exact) mass is 368 g/mol. The minimum atomic E-state index is 0.363. The van der Waals surface area contributed by atoms with Crippen LogP contribution in [0.15, 0.2) is 60.7 Å². The zero-order valence-corrected chi connectivity index (χ0v) is 15.9. The normalized spacial score (nSPS) is 21.7. The van der Waals surface area contributed by atoms with E-state index in [0.29, 0.717) is 12.1 Å². The third-order valence-corrected chi connectivity index (χ3v) is 6.46. The molecule has 2 atom stereocenters. The predicted octanol–water partition coefficient (Wildman–Crippen LogP) is 5.43. The molecule has 0 radical (unpaired) electrons. The lowest BCUT2D eigenvalue weighted by molar-refractivity contribution is 0.356. The standard InChI is InChI=1S/C25H24N2O/c1-2-4-21-17(3-1)14-24(27-21)19-8-10-22-18(13-19)7-9-23(26-22)20-6-5-16-11-12-28-25(16)15-20/h1-6,8,10,13,15,23-24,26-27H,7,9,11-12,14H2. The Kier molecular flexibility index (Phi) is 3.61. The van der Waals surface area contributed by atoms with Crippen molar-refractivity contribution >= 4 is 11.4 Å². The van der Waals surface area contributed by atoms with E-state index in [9.17, 15) is 0 Å². The molecule has 3 aromatic rings. The van der Waals surface area contributed by atoms with E-state index < -0.39 is 0 Å². The van der Waals surface area contributed by atoms with Crippen LogP contribution in [0.2, 0.25) is 0 Å². The zero-order valence-electron chi connectivity index (χ0n) is 15.9. The van der Waals surface area contributed by atoms with E-state index in [-0.39, 0.29) is 0 Å². The van der Waals surface area contributed by atoms with Crippen LogP contribution in [0.25, 0.3) is 0 Å². The SMILES string of the molecule is c1ccc2c(c1)CC(c1ccc3c(c1)CCC(c1ccc4c(c1)OCC4)N3)N2. The number of anilines is 2. The van der Waals surface area contributed by atoms with Gasteiger partial charge in [0.25, 0.3) is 0 Å². The van der Waals surface area contributed by atoms with Gasteiger partial charge < -0.3 is 15.4 Å². The number of benzene rings is 3. The minimum absolute atomic E-state index is 0.363. The highest BCUT2D eigenvalue weighted by molar-refractivity contribution is 5.61. The summed E-state index contributed by atoms with van der Waals surface area (Å²) in [5.41, 5.74) is 9.48. The summed E-state index contributed by atoms with van der Waals surface area (Å²) in [6.45, 7) is 0.821. The van der Waals surface area contributed by atoms with Gasteiger partial charge >= 0.3 is 0 Å². The van der Waals surface area contributed by atoms with Crippen LogP contribution in [0.4, 0.5) is 11.4 Å². The number of hydrogen-bond donors (Lipinski definition) is 2. The quantitative estimate of drug-likeness (QED) is 0.633. The van der Waals surface area contributed by atoms with Gasteiger partial charge in [-0.2, -0.15) is 0 Å². The molecule has 2 N–H and O–H groups in total. The number of hydrogen-bond acceptors (Lipinski definition) is 3. The first-order valence-electron chi connectivity index (χ1n) is 10.3. The summed E-state index contributed by atoms with van der Waals surface area (Å²) in [6, 6.07) is 23.1. The highest BCUT2D eigenvalue weighted by atomic mass is 16.5. The Morgan fingerprint density at radius 2 is 1.54 bits per heavy atom. The summed E-state index contributed by atoms with van der Waals surface area (Å²) < 4.78 is 5.76. The Hall–Kier alpha value is -2.94. The van der Waals surface area contributed by atoms with Crippen LogP contribution in [-0.2, 0) is 19.3 Å². The first-order valence-corrected chi connectivity index (χ1v) is 10.3. The van der Waals surface area contributed by atoms with Crippen molar-refractivity contribution < 1.29 is 4.74 Å². The summed E-state index contributed by atoms with van der Waals surface area (Å²) >= 11 is 0. The molecule has 0 saturated carbocycles. The van der Waals surface area contributed by atoms with Crippen molar-refractivity contribution in [2.75, 3.05) is 17.2 Å². The third kappa shape index (κ3) is 2.65. The molecular formula is C25H24N2O. The zero-order chi connectivity index (χ0) is 18.5. The van der Waals surface area contributed by atoms with Gasteiger partial charge in [-0.25, -0.2) is 0 Å². The molecule has 3 aromatic carbocycles. The topological polar surface area (TPSA) is 33.3 Å². The number of fused-ring (bicyclic) bond motifs is 3. The smallest absolute Gasteiger partial charge is 0.122 e. The minimum Gasteiger partial charge on any atom is -0.493 e. The molecule has 3 aliphatic rings. The molecule has 2 unspecified atom stereocenters. The van der Waals surface area contributed by atoms with E-state index in [1.54, 1.807) is 0 Å². The molecule has 3 heteroatoms. The van der Waals surface area contributed by atoms with Gasteiger partial charge in [0.15, 0.2) is 0 Å².